The Labute approximate surface area is 94.0 Å². The van der Waals surface area contributed by atoms with Gasteiger partial charge in [0, 0.05) is 10.5 Å². The second-order valence-electron chi connectivity index (χ2n) is 4.03. The largest absolute Gasteiger partial charge is 0.310 e. The summed E-state index contributed by atoms with van der Waals surface area (Å²) in [5, 5.41) is 3.57. The molecule has 0 saturated carbocycles. The van der Waals surface area contributed by atoms with Gasteiger partial charge in [0.1, 0.15) is 0 Å². The van der Waals surface area contributed by atoms with E-state index in [2.05, 4.69) is 46.4 Å². The van der Waals surface area contributed by atoms with E-state index in [1.165, 1.54) is 34.9 Å². The van der Waals surface area contributed by atoms with Gasteiger partial charge in [0.05, 0.1) is 0 Å². The molecule has 1 fully saturated rings. The fraction of sp³-hybridized carbons (Fsp3) is 0.500. The first-order valence-corrected chi connectivity index (χ1v) is 6.06. The van der Waals surface area contributed by atoms with Gasteiger partial charge in [0.15, 0.2) is 0 Å². The lowest BCUT2D eigenvalue weighted by Crippen LogP contribution is -2.26. The maximum Gasteiger partial charge on any atom is 0.0331 e. The molecule has 2 heteroatoms. The highest BCUT2D eigenvalue weighted by molar-refractivity contribution is 9.10. The van der Waals surface area contributed by atoms with Crippen molar-refractivity contribution in [3.8, 4) is 0 Å². The Morgan fingerprint density at radius 3 is 2.86 bits per heavy atom. The predicted molar refractivity (Wildman–Crippen MR) is 63.5 cm³/mol. The Kier molecular flexibility index (Phi) is 3.24. The molecule has 1 aromatic rings. The summed E-state index contributed by atoms with van der Waals surface area (Å²) in [6.07, 6.45) is 3.93. The van der Waals surface area contributed by atoms with E-state index in [1.807, 2.05) is 0 Å². The van der Waals surface area contributed by atoms with E-state index >= 15 is 0 Å². The van der Waals surface area contributed by atoms with Gasteiger partial charge in [0.2, 0.25) is 0 Å². The molecule has 1 aliphatic rings. The van der Waals surface area contributed by atoms with E-state index < -0.39 is 0 Å². The third-order valence-corrected chi connectivity index (χ3v) is 3.53. The van der Waals surface area contributed by atoms with E-state index in [0.717, 1.165) is 6.54 Å². The van der Waals surface area contributed by atoms with Crippen LogP contribution in [-0.4, -0.2) is 6.54 Å². The lowest BCUT2D eigenvalue weighted by Gasteiger charge is -2.24. The van der Waals surface area contributed by atoms with Gasteiger partial charge in [-0.2, -0.15) is 0 Å². The number of hydrogen-bond acceptors (Lipinski definition) is 1. The monoisotopic (exact) mass is 253 g/mol. The summed E-state index contributed by atoms with van der Waals surface area (Å²) < 4.78 is 1.25. The molecule has 1 aromatic carbocycles. The Morgan fingerprint density at radius 2 is 2.21 bits per heavy atom. The van der Waals surface area contributed by atoms with E-state index in [9.17, 15) is 0 Å². The van der Waals surface area contributed by atoms with E-state index in [4.69, 9.17) is 0 Å². The summed E-state index contributed by atoms with van der Waals surface area (Å²) >= 11 is 3.64. The Morgan fingerprint density at radius 1 is 1.36 bits per heavy atom. The maximum absolute atomic E-state index is 3.64. The van der Waals surface area contributed by atoms with Crippen molar-refractivity contribution in [1.82, 2.24) is 5.32 Å². The van der Waals surface area contributed by atoms with Gasteiger partial charge in [-0.3, -0.25) is 0 Å². The fourth-order valence-corrected chi connectivity index (χ4v) is 2.80. The number of nitrogens with one attached hydrogen (secondary N) is 1. The molecule has 2 rings (SSSR count). The van der Waals surface area contributed by atoms with Gasteiger partial charge in [-0.1, -0.05) is 34.5 Å². The van der Waals surface area contributed by atoms with Crippen molar-refractivity contribution in [1.29, 1.82) is 0 Å². The zero-order valence-corrected chi connectivity index (χ0v) is 10.1. The Hall–Kier alpha value is -0.340. The van der Waals surface area contributed by atoms with Crippen molar-refractivity contribution in [3.05, 3.63) is 33.8 Å². The summed E-state index contributed by atoms with van der Waals surface area (Å²) in [4.78, 5) is 0. The molecule has 0 aliphatic carbocycles. The van der Waals surface area contributed by atoms with Crippen LogP contribution >= 0.6 is 15.9 Å². The highest BCUT2D eigenvalue weighted by Gasteiger charge is 2.16. The van der Waals surface area contributed by atoms with Gasteiger partial charge >= 0.3 is 0 Å². The molecule has 0 unspecified atom stereocenters. The normalized spacial score (nSPS) is 22.3. The van der Waals surface area contributed by atoms with Crippen molar-refractivity contribution in [2.75, 3.05) is 6.54 Å². The molecule has 76 valence electrons. The van der Waals surface area contributed by atoms with Gasteiger partial charge < -0.3 is 5.32 Å². The topological polar surface area (TPSA) is 12.0 Å². The molecule has 0 amide bonds. The molecule has 1 atom stereocenters. The smallest absolute Gasteiger partial charge is 0.0331 e. The van der Waals surface area contributed by atoms with Crippen molar-refractivity contribution < 1.29 is 0 Å². The van der Waals surface area contributed by atoms with Crippen molar-refractivity contribution in [2.45, 2.75) is 32.2 Å². The van der Waals surface area contributed by atoms with Crippen LogP contribution in [0.1, 0.15) is 36.4 Å². The number of rotatable bonds is 1. The van der Waals surface area contributed by atoms with Gasteiger partial charge in [-0.15, -0.1) is 0 Å². The van der Waals surface area contributed by atoms with Crippen LogP contribution in [0.15, 0.2) is 22.7 Å². The lowest BCUT2D eigenvalue weighted by molar-refractivity contribution is 0.411. The minimum atomic E-state index is 0.554. The predicted octanol–water partition coefficient (Wildman–Crippen LogP) is 3.57. The van der Waals surface area contributed by atoms with Crippen molar-refractivity contribution in [3.63, 3.8) is 0 Å². The molecule has 14 heavy (non-hydrogen) atoms. The standard InChI is InChI=1S/C12H16BrN/c1-9-5-6-10(11(13)8-9)12-4-2-3-7-14-12/h5-6,8,12,14H,2-4,7H2,1H3/t12-/m1/s1. The number of benzene rings is 1. The van der Waals surface area contributed by atoms with Crippen LogP contribution in [-0.2, 0) is 0 Å². The highest BCUT2D eigenvalue weighted by atomic mass is 79.9. The minimum Gasteiger partial charge on any atom is -0.310 e. The second kappa shape index (κ2) is 4.45. The summed E-state index contributed by atoms with van der Waals surface area (Å²) in [6, 6.07) is 7.18. The summed E-state index contributed by atoms with van der Waals surface area (Å²) in [6.45, 7) is 3.29. The SMILES string of the molecule is Cc1ccc([C@H]2CCCCN2)c(Br)c1. The first-order valence-electron chi connectivity index (χ1n) is 5.27. The van der Waals surface area contributed by atoms with Crippen molar-refractivity contribution >= 4 is 15.9 Å². The Balaban J connectivity index is 2.22. The molecular weight excluding hydrogens is 238 g/mol. The number of hydrogen-bond donors (Lipinski definition) is 1. The minimum absolute atomic E-state index is 0.554. The Bertz CT molecular complexity index is 316. The molecule has 0 aromatic heterocycles. The van der Waals surface area contributed by atoms with Crippen LogP contribution in [0.4, 0.5) is 0 Å². The molecule has 0 radical (unpaired) electrons. The van der Waals surface area contributed by atoms with E-state index in [1.54, 1.807) is 0 Å². The fourth-order valence-electron chi connectivity index (χ4n) is 2.03. The van der Waals surface area contributed by atoms with Crippen LogP contribution in [0.3, 0.4) is 0 Å². The van der Waals surface area contributed by atoms with E-state index in [0.29, 0.717) is 6.04 Å². The first-order chi connectivity index (χ1) is 6.77. The number of halogens is 1. The van der Waals surface area contributed by atoms with Gasteiger partial charge in [-0.25, -0.2) is 0 Å². The maximum atomic E-state index is 3.64. The second-order valence-corrected chi connectivity index (χ2v) is 4.88. The third kappa shape index (κ3) is 2.18. The number of aryl methyl sites for hydroxylation is 1. The average molecular weight is 254 g/mol. The molecule has 1 nitrogen and oxygen atoms in total. The summed E-state index contributed by atoms with van der Waals surface area (Å²) in [5.74, 6) is 0. The molecule has 1 N–H and O–H groups in total. The molecule has 1 heterocycles. The summed E-state index contributed by atoms with van der Waals surface area (Å²) in [7, 11) is 0. The van der Waals surface area contributed by atoms with E-state index in [-0.39, 0.29) is 0 Å². The average Bonchev–Trinajstić information content (AvgIpc) is 2.19. The van der Waals surface area contributed by atoms with Gasteiger partial charge in [0.25, 0.3) is 0 Å². The van der Waals surface area contributed by atoms with Crippen LogP contribution < -0.4 is 5.32 Å². The van der Waals surface area contributed by atoms with Crippen LogP contribution in [0.25, 0.3) is 0 Å². The quantitative estimate of drug-likeness (QED) is 0.807. The number of piperidine rings is 1. The van der Waals surface area contributed by atoms with Gasteiger partial charge in [-0.05, 0) is 43.5 Å². The molecular formula is C12H16BrN. The molecule has 0 spiro atoms. The molecule has 0 bridgehead atoms. The van der Waals surface area contributed by atoms with Crippen LogP contribution in [0, 0.1) is 6.92 Å². The van der Waals surface area contributed by atoms with Crippen LogP contribution in [0.5, 0.6) is 0 Å². The van der Waals surface area contributed by atoms with Crippen LogP contribution in [0.2, 0.25) is 0 Å². The third-order valence-electron chi connectivity index (χ3n) is 2.84. The summed E-state index contributed by atoms with van der Waals surface area (Å²) in [5.41, 5.74) is 2.73. The zero-order chi connectivity index (χ0) is 9.97. The highest BCUT2D eigenvalue weighted by Crippen LogP contribution is 2.29. The lowest BCUT2D eigenvalue weighted by atomic mass is 9.97. The first kappa shape index (κ1) is 10.2. The molecule has 1 saturated heterocycles. The zero-order valence-electron chi connectivity index (χ0n) is 8.52. The van der Waals surface area contributed by atoms with Crippen molar-refractivity contribution in [2.24, 2.45) is 0 Å². The molecule has 1 aliphatic heterocycles.